The van der Waals surface area contributed by atoms with Crippen LogP contribution < -0.4 is 0 Å². The summed E-state index contributed by atoms with van der Waals surface area (Å²) < 4.78 is 15.5. The molecule has 4 rings (SSSR count). The van der Waals surface area contributed by atoms with Crippen molar-refractivity contribution in [2.45, 2.75) is 6.54 Å². The smallest absolute Gasteiger partial charge is 0.212 e. The third kappa shape index (κ3) is 2.04. The first kappa shape index (κ1) is 14.3. The van der Waals surface area contributed by atoms with E-state index < -0.39 is 0 Å². The normalized spacial score (nSPS) is 14.5. The average Bonchev–Trinajstić information content (AvgIpc) is 3.01. The zero-order valence-corrected chi connectivity index (χ0v) is 12.5. The van der Waals surface area contributed by atoms with Crippen LogP contribution in [-0.2, 0) is 6.54 Å². The highest BCUT2D eigenvalue weighted by Crippen LogP contribution is 2.27. The molecule has 118 valence electrons. The van der Waals surface area contributed by atoms with Crippen LogP contribution in [0.4, 0.5) is 4.39 Å². The first-order chi connectivity index (χ1) is 11.7. The third-order valence-electron chi connectivity index (χ3n) is 4.10. The van der Waals surface area contributed by atoms with Crippen LogP contribution in [-0.4, -0.2) is 26.3 Å². The van der Waals surface area contributed by atoms with E-state index in [2.05, 4.69) is 10.1 Å². The maximum absolute atomic E-state index is 13.9. The summed E-state index contributed by atoms with van der Waals surface area (Å²) in [5.74, 6) is -0.568. The maximum atomic E-state index is 13.9. The number of carbonyl (C=O) groups is 1. The molecule has 5 nitrogen and oxygen atoms in total. The van der Waals surface area contributed by atoms with Gasteiger partial charge in [0.2, 0.25) is 5.78 Å². The van der Waals surface area contributed by atoms with Gasteiger partial charge in [0, 0.05) is 16.7 Å². The number of hydrogen-bond acceptors (Lipinski definition) is 4. The number of ketones is 1. The van der Waals surface area contributed by atoms with Crippen molar-refractivity contribution in [3.8, 4) is 0 Å². The van der Waals surface area contributed by atoms with Crippen LogP contribution in [0.5, 0.6) is 0 Å². The lowest BCUT2D eigenvalue weighted by Gasteiger charge is -2.17. The molecule has 0 saturated heterocycles. The highest BCUT2D eigenvalue weighted by molar-refractivity contribution is 6.28. The molecular formula is C18H12FN3O2. The van der Waals surface area contributed by atoms with Gasteiger partial charge in [0.05, 0.1) is 12.9 Å². The highest BCUT2D eigenvalue weighted by Gasteiger charge is 2.32. The van der Waals surface area contributed by atoms with E-state index in [0.29, 0.717) is 28.1 Å². The van der Waals surface area contributed by atoms with Gasteiger partial charge in [-0.25, -0.2) is 9.37 Å². The Hall–Kier alpha value is -3.28. The minimum Gasteiger partial charge on any atom is -0.410 e. The number of benzene rings is 2. The van der Waals surface area contributed by atoms with Crippen LogP contribution in [0.3, 0.4) is 0 Å². The lowest BCUT2D eigenvalue weighted by atomic mass is 9.89. The average molecular weight is 321 g/mol. The molecular weight excluding hydrogens is 309 g/mol. The summed E-state index contributed by atoms with van der Waals surface area (Å²) in [5, 5.41) is 12.7. The number of nitrogens with zero attached hydrogens (tertiary/aromatic N) is 3. The molecule has 3 aromatic rings. The second-order valence-corrected chi connectivity index (χ2v) is 5.48. The minimum absolute atomic E-state index is 0.168. The first-order valence-electron chi connectivity index (χ1n) is 7.35. The predicted molar refractivity (Wildman–Crippen MR) is 85.0 cm³/mol. The van der Waals surface area contributed by atoms with Gasteiger partial charge in [-0.3, -0.25) is 4.79 Å². The fourth-order valence-electron chi connectivity index (χ4n) is 2.97. The van der Waals surface area contributed by atoms with E-state index >= 15 is 0 Å². The molecule has 0 unspecified atom stereocenters. The largest absolute Gasteiger partial charge is 0.410 e. The van der Waals surface area contributed by atoms with Crippen molar-refractivity contribution in [1.82, 2.24) is 9.55 Å². The monoisotopic (exact) mass is 321 g/mol. The van der Waals surface area contributed by atoms with Gasteiger partial charge in [0.15, 0.2) is 0 Å². The number of fused-ring (bicyclic) bond motifs is 2. The van der Waals surface area contributed by atoms with E-state index in [9.17, 15) is 14.4 Å². The molecule has 0 radical (unpaired) electrons. The lowest BCUT2D eigenvalue weighted by Crippen LogP contribution is -2.24. The van der Waals surface area contributed by atoms with E-state index in [-0.39, 0.29) is 23.9 Å². The number of hydrogen-bond donors (Lipinski definition) is 1. The Balaban J connectivity index is 1.86. The molecule has 2 aromatic carbocycles. The van der Waals surface area contributed by atoms with Crippen LogP contribution in [0.15, 0.2) is 60.0 Å². The number of aromatic nitrogens is 2. The fraction of sp³-hybridized carbons (Fsp3) is 0.0556. The summed E-state index contributed by atoms with van der Waals surface area (Å²) in [6.07, 6.45) is 1.46. The van der Waals surface area contributed by atoms with Crippen molar-refractivity contribution in [3.63, 3.8) is 0 Å². The van der Waals surface area contributed by atoms with E-state index in [1.54, 1.807) is 47.0 Å². The quantitative estimate of drug-likeness (QED) is 0.456. The first-order valence-corrected chi connectivity index (χ1v) is 7.35. The summed E-state index contributed by atoms with van der Waals surface area (Å²) in [5.41, 5.74) is 2.27. The van der Waals surface area contributed by atoms with Crippen molar-refractivity contribution in [2.24, 2.45) is 5.16 Å². The molecule has 1 aliphatic carbocycles. The molecule has 24 heavy (non-hydrogen) atoms. The van der Waals surface area contributed by atoms with Crippen molar-refractivity contribution in [1.29, 1.82) is 0 Å². The van der Waals surface area contributed by atoms with Crippen molar-refractivity contribution < 1.29 is 14.4 Å². The molecule has 0 atom stereocenters. The molecule has 0 amide bonds. The second-order valence-electron chi connectivity index (χ2n) is 5.48. The van der Waals surface area contributed by atoms with Gasteiger partial charge >= 0.3 is 0 Å². The molecule has 0 saturated carbocycles. The molecule has 0 spiro atoms. The Kier molecular flexibility index (Phi) is 3.23. The van der Waals surface area contributed by atoms with E-state index in [1.807, 2.05) is 0 Å². The van der Waals surface area contributed by atoms with E-state index in [1.165, 1.54) is 12.4 Å². The summed E-state index contributed by atoms with van der Waals surface area (Å²) in [6.45, 7) is 0.168. The van der Waals surface area contributed by atoms with Gasteiger partial charge in [-0.2, -0.15) is 0 Å². The number of rotatable bonds is 2. The van der Waals surface area contributed by atoms with Gasteiger partial charge < -0.3 is 9.77 Å². The number of oxime groups is 1. The molecule has 6 heteroatoms. The highest BCUT2D eigenvalue weighted by atomic mass is 19.1. The zero-order valence-electron chi connectivity index (χ0n) is 12.5. The number of carbonyl (C=O) groups excluding carboxylic acids is 1. The van der Waals surface area contributed by atoms with E-state index in [0.717, 1.165) is 0 Å². The summed E-state index contributed by atoms with van der Waals surface area (Å²) >= 11 is 0. The molecule has 1 N–H and O–H groups in total. The van der Waals surface area contributed by atoms with Crippen LogP contribution in [0.25, 0.3) is 0 Å². The van der Waals surface area contributed by atoms with Gasteiger partial charge in [-0.05, 0) is 6.07 Å². The van der Waals surface area contributed by atoms with Gasteiger partial charge in [-0.15, -0.1) is 0 Å². The second kappa shape index (κ2) is 5.42. The molecule has 1 heterocycles. The summed E-state index contributed by atoms with van der Waals surface area (Å²) in [6, 6.07) is 13.3. The molecule has 0 fully saturated rings. The van der Waals surface area contributed by atoms with E-state index in [4.69, 9.17) is 0 Å². The number of halogens is 1. The van der Waals surface area contributed by atoms with Gasteiger partial charge in [-0.1, -0.05) is 47.6 Å². The van der Waals surface area contributed by atoms with Crippen LogP contribution in [0, 0.1) is 5.82 Å². The minimum atomic E-state index is -0.348. The molecule has 0 bridgehead atoms. The van der Waals surface area contributed by atoms with Gasteiger partial charge in [0.1, 0.15) is 22.9 Å². The summed E-state index contributed by atoms with van der Waals surface area (Å²) in [7, 11) is 0. The summed E-state index contributed by atoms with van der Waals surface area (Å²) in [4.78, 5) is 17.0. The zero-order chi connectivity index (χ0) is 16.7. The Morgan fingerprint density at radius 1 is 1.08 bits per heavy atom. The molecule has 1 aromatic heterocycles. The van der Waals surface area contributed by atoms with Crippen molar-refractivity contribution in [3.05, 3.63) is 88.8 Å². The van der Waals surface area contributed by atoms with Crippen molar-refractivity contribution >= 4 is 11.5 Å². The topological polar surface area (TPSA) is 67.5 Å². The molecule has 0 aliphatic heterocycles. The Bertz CT molecular complexity index is 991. The number of imidazole rings is 1. The SMILES string of the molecule is O=C1c2ccccc2C(=NO)c2ncn(Cc3ccccc3F)c21. The Labute approximate surface area is 136 Å². The van der Waals surface area contributed by atoms with Crippen LogP contribution in [0.1, 0.15) is 32.9 Å². The van der Waals surface area contributed by atoms with Crippen molar-refractivity contribution in [2.75, 3.05) is 0 Å². The third-order valence-corrected chi connectivity index (χ3v) is 4.10. The van der Waals surface area contributed by atoms with Gasteiger partial charge in [0.25, 0.3) is 0 Å². The Morgan fingerprint density at radius 2 is 1.79 bits per heavy atom. The Morgan fingerprint density at radius 3 is 2.54 bits per heavy atom. The lowest BCUT2D eigenvalue weighted by molar-refractivity contribution is 0.102. The maximum Gasteiger partial charge on any atom is 0.212 e. The predicted octanol–water partition coefficient (Wildman–Crippen LogP) is 2.84. The fourth-order valence-corrected chi connectivity index (χ4v) is 2.97. The van der Waals surface area contributed by atoms with Crippen LogP contribution in [0.2, 0.25) is 0 Å². The molecule has 1 aliphatic rings. The van der Waals surface area contributed by atoms with Crippen LogP contribution >= 0.6 is 0 Å². The standard InChI is InChI=1S/C18H12FN3O2/c19-14-8-4-1-5-11(14)9-22-10-20-16-15(21-24)12-6-2-3-7-13(12)18(23)17(16)22/h1-8,10,24H,9H2.